The molecule has 0 amide bonds. The number of hydrazone groups is 1. The number of ether oxygens (including phenoxy) is 1. The maximum atomic E-state index is 5.24. The largest absolute Gasteiger partial charge is 0.496 e. The van der Waals surface area contributed by atoms with E-state index < -0.39 is 0 Å². The van der Waals surface area contributed by atoms with E-state index in [1.165, 1.54) is 5.69 Å². The Kier molecular flexibility index (Phi) is 5.18. The molecule has 1 aliphatic heterocycles. The van der Waals surface area contributed by atoms with Gasteiger partial charge in [0.05, 0.1) is 30.9 Å². The molecule has 0 saturated carbocycles. The summed E-state index contributed by atoms with van der Waals surface area (Å²) in [5.41, 5.74) is 2.35. The number of methoxy groups -OCH3 is 1. The van der Waals surface area contributed by atoms with Gasteiger partial charge < -0.3 is 9.64 Å². The Balaban J connectivity index is 1.57. The number of para-hydroxylation sites is 1. The molecule has 5 heteroatoms. The summed E-state index contributed by atoms with van der Waals surface area (Å²) in [4.78, 5) is 2.40. The number of halogens is 1. The number of hydrogen-bond acceptors (Lipinski definition) is 4. The van der Waals surface area contributed by atoms with Gasteiger partial charge in [0.2, 0.25) is 0 Å². The fourth-order valence-corrected chi connectivity index (χ4v) is 3.18. The third-order valence-electron chi connectivity index (χ3n) is 3.92. The van der Waals surface area contributed by atoms with E-state index in [1.54, 1.807) is 7.11 Å². The van der Waals surface area contributed by atoms with Gasteiger partial charge in [-0.3, -0.25) is 5.01 Å². The quantitative estimate of drug-likeness (QED) is 0.766. The van der Waals surface area contributed by atoms with Crippen LogP contribution in [0, 0.1) is 0 Å². The molecule has 0 aliphatic carbocycles. The standard InChI is InChI=1S/C18H20BrN3O/c1-23-18-8-7-15(13-17(18)19)14-20-22-11-9-21(10-12-22)16-5-3-2-4-6-16/h2-8,13-14H,9-12H2,1H3. The first kappa shape index (κ1) is 15.9. The highest BCUT2D eigenvalue weighted by Crippen LogP contribution is 2.25. The Bertz CT molecular complexity index is 667. The van der Waals surface area contributed by atoms with Crippen LogP contribution in [0.3, 0.4) is 0 Å². The summed E-state index contributed by atoms with van der Waals surface area (Å²) in [5, 5.41) is 6.72. The molecule has 0 spiro atoms. The fraction of sp³-hybridized carbons (Fsp3) is 0.278. The third kappa shape index (κ3) is 4.05. The molecular formula is C18H20BrN3O. The Morgan fingerprint density at radius 2 is 1.78 bits per heavy atom. The molecule has 0 N–H and O–H groups in total. The van der Waals surface area contributed by atoms with Gasteiger partial charge in [-0.05, 0) is 51.8 Å². The molecule has 1 heterocycles. The summed E-state index contributed by atoms with van der Waals surface area (Å²) in [5.74, 6) is 0.832. The number of piperazine rings is 1. The van der Waals surface area contributed by atoms with E-state index in [1.807, 2.05) is 24.4 Å². The molecule has 120 valence electrons. The van der Waals surface area contributed by atoms with Crippen LogP contribution in [0.1, 0.15) is 5.56 Å². The van der Waals surface area contributed by atoms with Crippen LogP contribution in [0.15, 0.2) is 58.1 Å². The average Bonchev–Trinajstić information content (AvgIpc) is 2.61. The SMILES string of the molecule is COc1ccc(C=NN2CCN(c3ccccc3)CC2)cc1Br. The van der Waals surface area contributed by atoms with Crippen LogP contribution in [-0.4, -0.2) is 44.5 Å². The molecule has 23 heavy (non-hydrogen) atoms. The zero-order chi connectivity index (χ0) is 16.1. The van der Waals surface area contributed by atoms with E-state index in [0.29, 0.717) is 0 Å². The van der Waals surface area contributed by atoms with Crippen molar-refractivity contribution in [3.05, 3.63) is 58.6 Å². The van der Waals surface area contributed by atoms with Crippen molar-refractivity contribution in [1.82, 2.24) is 5.01 Å². The molecule has 0 aromatic heterocycles. The lowest BCUT2D eigenvalue weighted by molar-refractivity contribution is 0.272. The Labute approximate surface area is 145 Å². The molecule has 0 atom stereocenters. The van der Waals surface area contributed by atoms with E-state index in [0.717, 1.165) is 42.0 Å². The molecule has 2 aromatic rings. The Morgan fingerprint density at radius 1 is 1.04 bits per heavy atom. The van der Waals surface area contributed by atoms with Gasteiger partial charge in [-0.25, -0.2) is 0 Å². The minimum absolute atomic E-state index is 0.832. The lowest BCUT2D eigenvalue weighted by Gasteiger charge is -2.34. The predicted molar refractivity (Wildman–Crippen MR) is 98.5 cm³/mol. The average molecular weight is 374 g/mol. The van der Waals surface area contributed by atoms with Crippen molar-refractivity contribution in [1.29, 1.82) is 0 Å². The molecule has 4 nitrogen and oxygen atoms in total. The van der Waals surface area contributed by atoms with E-state index in [9.17, 15) is 0 Å². The van der Waals surface area contributed by atoms with Crippen LogP contribution < -0.4 is 9.64 Å². The molecule has 1 saturated heterocycles. The van der Waals surface area contributed by atoms with Crippen LogP contribution in [-0.2, 0) is 0 Å². The van der Waals surface area contributed by atoms with Gasteiger partial charge in [0, 0.05) is 18.8 Å². The summed E-state index contributed by atoms with van der Waals surface area (Å²) < 4.78 is 6.18. The Hall–Kier alpha value is -2.01. The molecule has 1 fully saturated rings. The Morgan fingerprint density at radius 3 is 2.43 bits per heavy atom. The predicted octanol–water partition coefficient (Wildman–Crippen LogP) is 3.61. The highest BCUT2D eigenvalue weighted by atomic mass is 79.9. The second-order valence-corrected chi connectivity index (χ2v) is 6.27. The molecule has 1 aliphatic rings. The number of nitrogens with zero attached hydrogens (tertiary/aromatic N) is 3. The van der Waals surface area contributed by atoms with Gasteiger partial charge in [-0.1, -0.05) is 18.2 Å². The lowest BCUT2D eigenvalue weighted by atomic mass is 10.2. The molecule has 2 aromatic carbocycles. The second kappa shape index (κ2) is 7.51. The normalized spacial score (nSPS) is 15.2. The van der Waals surface area contributed by atoms with Crippen molar-refractivity contribution in [2.75, 3.05) is 38.2 Å². The van der Waals surface area contributed by atoms with Crippen molar-refractivity contribution >= 4 is 27.8 Å². The highest BCUT2D eigenvalue weighted by molar-refractivity contribution is 9.10. The number of benzene rings is 2. The van der Waals surface area contributed by atoms with Gasteiger partial charge in [-0.15, -0.1) is 0 Å². The molecule has 0 radical (unpaired) electrons. The van der Waals surface area contributed by atoms with Gasteiger partial charge in [-0.2, -0.15) is 5.10 Å². The van der Waals surface area contributed by atoms with Crippen molar-refractivity contribution < 1.29 is 4.74 Å². The lowest BCUT2D eigenvalue weighted by Crippen LogP contribution is -2.44. The van der Waals surface area contributed by atoms with Crippen LogP contribution in [0.4, 0.5) is 5.69 Å². The highest BCUT2D eigenvalue weighted by Gasteiger charge is 2.15. The first-order chi connectivity index (χ1) is 11.3. The zero-order valence-corrected chi connectivity index (χ0v) is 14.7. The monoisotopic (exact) mass is 373 g/mol. The smallest absolute Gasteiger partial charge is 0.133 e. The van der Waals surface area contributed by atoms with Gasteiger partial charge >= 0.3 is 0 Å². The molecular weight excluding hydrogens is 354 g/mol. The summed E-state index contributed by atoms with van der Waals surface area (Å²) >= 11 is 3.50. The topological polar surface area (TPSA) is 28.1 Å². The van der Waals surface area contributed by atoms with Crippen molar-refractivity contribution in [3.63, 3.8) is 0 Å². The molecule has 0 unspecified atom stereocenters. The first-order valence-electron chi connectivity index (χ1n) is 7.69. The van der Waals surface area contributed by atoms with Crippen LogP contribution in [0.5, 0.6) is 5.75 Å². The van der Waals surface area contributed by atoms with Crippen LogP contribution in [0.2, 0.25) is 0 Å². The maximum absolute atomic E-state index is 5.24. The number of anilines is 1. The first-order valence-corrected chi connectivity index (χ1v) is 8.48. The summed E-state index contributed by atoms with van der Waals surface area (Å²) in [6.07, 6.45) is 1.91. The van der Waals surface area contributed by atoms with E-state index in [4.69, 9.17) is 4.74 Å². The van der Waals surface area contributed by atoms with Crippen molar-refractivity contribution in [2.45, 2.75) is 0 Å². The van der Waals surface area contributed by atoms with Crippen molar-refractivity contribution in [2.24, 2.45) is 5.10 Å². The summed E-state index contributed by atoms with van der Waals surface area (Å²) in [6, 6.07) is 16.5. The second-order valence-electron chi connectivity index (χ2n) is 5.41. The zero-order valence-electron chi connectivity index (χ0n) is 13.2. The van der Waals surface area contributed by atoms with Crippen molar-refractivity contribution in [3.8, 4) is 5.75 Å². The third-order valence-corrected chi connectivity index (χ3v) is 4.54. The summed E-state index contributed by atoms with van der Waals surface area (Å²) in [6.45, 7) is 3.85. The number of hydrogen-bond donors (Lipinski definition) is 0. The van der Waals surface area contributed by atoms with E-state index >= 15 is 0 Å². The van der Waals surface area contributed by atoms with Gasteiger partial charge in [0.15, 0.2) is 0 Å². The van der Waals surface area contributed by atoms with Crippen LogP contribution >= 0.6 is 15.9 Å². The molecule has 0 bridgehead atoms. The van der Waals surface area contributed by atoms with Gasteiger partial charge in [0.25, 0.3) is 0 Å². The maximum Gasteiger partial charge on any atom is 0.133 e. The number of rotatable bonds is 4. The molecule has 3 rings (SSSR count). The minimum Gasteiger partial charge on any atom is -0.496 e. The van der Waals surface area contributed by atoms with E-state index in [2.05, 4.69) is 61.3 Å². The summed E-state index contributed by atoms with van der Waals surface area (Å²) in [7, 11) is 1.67. The van der Waals surface area contributed by atoms with Gasteiger partial charge in [0.1, 0.15) is 5.75 Å². The van der Waals surface area contributed by atoms with Crippen LogP contribution in [0.25, 0.3) is 0 Å². The fourth-order valence-electron chi connectivity index (χ4n) is 2.62. The minimum atomic E-state index is 0.832. The van der Waals surface area contributed by atoms with E-state index in [-0.39, 0.29) is 0 Å².